The number of aryl methyl sites for hydroxylation is 1. The number of hydrogen-bond donors (Lipinski definition) is 0. The van der Waals surface area contributed by atoms with Crippen molar-refractivity contribution in [3.8, 4) is 0 Å². The van der Waals surface area contributed by atoms with E-state index in [1.807, 2.05) is 55.1 Å². The van der Waals surface area contributed by atoms with Crippen LogP contribution in [0.15, 0.2) is 64.5 Å². The number of carbonyl (C=O) groups excluding carboxylic acids is 2. The Morgan fingerprint density at radius 1 is 1.15 bits per heavy atom. The molecular formula is C27H29BrN2O2S. The highest BCUT2D eigenvalue weighted by Crippen LogP contribution is 2.39. The van der Waals surface area contributed by atoms with Crippen molar-refractivity contribution in [2.75, 3.05) is 13.1 Å². The van der Waals surface area contributed by atoms with Crippen LogP contribution in [0.1, 0.15) is 58.2 Å². The predicted molar refractivity (Wildman–Crippen MR) is 138 cm³/mol. The SMILES string of the molecule is CCC(C)N(CC(=O)N1CCc2sccc2C1c1ccccc1C)C(=O)c1cccc(Br)c1. The maximum Gasteiger partial charge on any atom is 0.254 e. The largest absolute Gasteiger partial charge is 0.330 e. The van der Waals surface area contributed by atoms with E-state index >= 15 is 0 Å². The molecule has 4 nitrogen and oxygen atoms in total. The van der Waals surface area contributed by atoms with Crippen LogP contribution in [0, 0.1) is 6.92 Å². The average Bonchev–Trinajstić information content (AvgIpc) is 3.30. The van der Waals surface area contributed by atoms with Gasteiger partial charge in [-0.1, -0.05) is 53.2 Å². The van der Waals surface area contributed by atoms with Crippen LogP contribution in [0.25, 0.3) is 0 Å². The van der Waals surface area contributed by atoms with E-state index in [0.29, 0.717) is 12.1 Å². The Bertz CT molecular complexity index is 1160. The predicted octanol–water partition coefficient (Wildman–Crippen LogP) is 6.23. The van der Waals surface area contributed by atoms with Crippen molar-refractivity contribution in [2.45, 2.75) is 45.7 Å². The molecule has 6 heteroatoms. The fourth-order valence-electron chi connectivity index (χ4n) is 4.49. The van der Waals surface area contributed by atoms with Crippen molar-refractivity contribution in [2.24, 2.45) is 0 Å². The summed E-state index contributed by atoms with van der Waals surface area (Å²) in [4.78, 5) is 32.2. The van der Waals surface area contributed by atoms with Gasteiger partial charge in [-0.15, -0.1) is 11.3 Å². The molecule has 0 bridgehead atoms. The maximum atomic E-state index is 13.8. The second-order valence-corrected chi connectivity index (χ2v) is 10.5. The number of thiophene rings is 1. The highest BCUT2D eigenvalue weighted by molar-refractivity contribution is 9.10. The summed E-state index contributed by atoms with van der Waals surface area (Å²) in [5, 5.41) is 2.12. The first-order valence-electron chi connectivity index (χ1n) is 11.4. The van der Waals surface area contributed by atoms with Crippen LogP contribution < -0.4 is 0 Å². The Morgan fingerprint density at radius 3 is 2.67 bits per heavy atom. The molecular weight excluding hydrogens is 496 g/mol. The number of nitrogens with zero attached hydrogens (tertiary/aromatic N) is 2. The summed E-state index contributed by atoms with van der Waals surface area (Å²) in [7, 11) is 0. The summed E-state index contributed by atoms with van der Waals surface area (Å²) in [5.41, 5.74) is 4.12. The molecule has 0 saturated heterocycles. The molecule has 2 unspecified atom stereocenters. The van der Waals surface area contributed by atoms with Gasteiger partial charge in [0.25, 0.3) is 5.91 Å². The molecule has 0 radical (unpaired) electrons. The smallest absolute Gasteiger partial charge is 0.254 e. The fraction of sp³-hybridized carbons (Fsp3) is 0.333. The lowest BCUT2D eigenvalue weighted by Gasteiger charge is -2.39. The van der Waals surface area contributed by atoms with Gasteiger partial charge in [-0.25, -0.2) is 0 Å². The van der Waals surface area contributed by atoms with Crippen molar-refractivity contribution in [3.63, 3.8) is 0 Å². The maximum absolute atomic E-state index is 13.8. The van der Waals surface area contributed by atoms with Crippen molar-refractivity contribution in [1.82, 2.24) is 9.80 Å². The van der Waals surface area contributed by atoms with E-state index in [1.165, 1.54) is 16.0 Å². The summed E-state index contributed by atoms with van der Waals surface area (Å²) < 4.78 is 0.851. The van der Waals surface area contributed by atoms with E-state index < -0.39 is 0 Å². The molecule has 2 heterocycles. The Hall–Kier alpha value is -2.44. The molecule has 33 heavy (non-hydrogen) atoms. The van der Waals surface area contributed by atoms with E-state index in [2.05, 4.69) is 46.4 Å². The highest BCUT2D eigenvalue weighted by Gasteiger charge is 2.35. The number of carbonyl (C=O) groups is 2. The van der Waals surface area contributed by atoms with Crippen LogP contribution in [0.2, 0.25) is 0 Å². The summed E-state index contributed by atoms with van der Waals surface area (Å²) in [5.74, 6) is -0.122. The Kier molecular flexibility index (Phi) is 7.35. The molecule has 0 saturated carbocycles. The van der Waals surface area contributed by atoms with Gasteiger partial charge >= 0.3 is 0 Å². The van der Waals surface area contributed by atoms with E-state index in [9.17, 15) is 9.59 Å². The summed E-state index contributed by atoms with van der Waals surface area (Å²) in [6.45, 7) is 6.88. The van der Waals surface area contributed by atoms with Crippen LogP contribution in [-0.2, 0) is 11.2 Å². The first kappa shape index (κ1) is 23.7. The monoisotopic (exact) mass is 524 g/mol. The van der Waals surface area contributed by atoms with Crippen molar-refractivity contribution >= 4 is 39.1 Å². The minimum absolute atomic E-state index is 0.0104. The van der Waals surface area contributed by atoms with Crippen molar-refractivity contribution < 1.29 is 9.59 Å². The molecule has 1 aromatic heterocycles. The van der Waals surface area contributed by atoms with Crippen LogP contribution in [0.3, 0.4) is 0 Å². The number of fused-ring (bicyclic) bond motifs is 1. The fourth-order valence-corrected chi connectivity index (χ4v) is 5.79. The third-order valence-electron chi connectivity index (χ3n) is 6.53. The Labute approximate surface area is 208 Å². The third kappa shape index (κ3) is 4.92. The molecule has 2 amide bonds. The zero-order chi connectivity index (χ0) is 23.5. The van der Waals surface area contributed by atoms with Crippen molar-refractivity contribution in [1.29, 1.82) is 0 Å². The van der Waals surface area contributed by atoms with Gasteiger partial charge in [0.2, 0.25) is 5.91 Å². The molecule has 2 atom stereocenters. The number of amides is 2. The van der Waals surface area contributed by atoms with Crippen LogP contribution in [0.4, 0.5) is 0 Å². The van der Waals surface area contributed by atoms with Gasteiger partial charge in [0.15, 0.2) is 0 Å². The van der Waals surface area contributed by atoms with Crippen LogP contribution >= 0.6 is 27.3 Å². The van der Waals surface area contributed by atoms with E-state index in [4.69, 9.17) is 0 Å². The lowest BCUT2D eigenvalue weighted by molar-refractivity contribution is -0.134. The third-order valence-corrected chi connectivity index (χ3v) is 8.02. The highest BCUT2D eigenvalue weighted by atomic mass is 79.9. The molecule has 1 aliphatic heterocycles. The van der Waals surface area contributed by atoms with E-state index in [1.54, 1.807) is 16.2 Å². The summed E-state index contributed by atoms with van der Waals surface area (Å²) in [6, 6.07) is 17.6. The van der Waals surface area contributed by atoms with Crippen LogP contribution in [-0.4, -0.2) is 40.7 Å². The molecule has 2 aromatic carbocycles. The quantitative estimate of drug-likeness (QED) is 0.383. The van der Waals surface area contributed by atoms with E-state index in [-0.39, 0.29) is 30.4 Å². The first-order valence-corrected chi connectivity index (χ1v) is 13.1. The minimum atomic E-state index is -0.117. The molecule has 4 rings (SSSR count). The van der Waals surface area contributed by atoms with E-state index in [0.717, 1.165) is 22.9 Å². The summed E-state index contributed by atoms with van der Waals surface area (Å²) >= 11 is 5.22. The van der Waals surface area contributed by atoms with Crippen LogP contribution in [0.5, 0.6) is 0 Å². The molecule has 0 N–H and O–H groups in total. The zero-order valence-electron chi connectivity index (χ0n) is 19.3. The number of benzene rings is 2. The summed E-state index contributed by atoms with van der Waals surface area (Å²) in [6.07, 6.45) is 1.63. The Balaban J connectivity index is 1.66. The normalized spacial score (nSPS) is 16.2. The molecule has 1 aliphatic rings. The molecule has 0 fully saturated rings. The van der Waals surface area contributed by atoms with Gasteiger partial charge in [0, 0.05) is 27.5 Å². The van der Waals surface area contributed by atoms with Gasteiger partial charge in [0.1, 0.15) is 6.54 Å². The van der Waals surface area contributed by atoms with Gasteiger partial charge < -0.3 is 9.80 Å². The molecule has 0 aliphatic carbocycles. The Morgan fingerprint density at radius 2 is 1.94 bits per heavy atom. The average molecular weight is 526 g/mol. The number of halogens is 1. The van der Waals surface area contributed by atoms with Gasteiger partial charge in [-0.2, -0.15) is 0 Å². The lowest BCUT2D eigenvalue weighted by Crippen LogP contribution is -2.49. The topological polar surface area (TPSA) is 40.6 Å². The van der Waals surface area contributed by atoms with Gasteiger partial charge in [-0.05, 0) is 73.0 Å². The second-order valence-electron chi connectivity index (χ2n) is 8.60. The molecule has 0 spiro atoms. The number of rotatable bonds is 6. The number of hydrogen-bond acceptors (Lipinski definition) is 3. The van der Waals surface area contributed by atoms with Gasteiger partial charge in [0.05, 0.1) is 6.04 Å². The second kappa shape index (κ2) is 10.2. The minimum Gasteiger partial charge on any atom is -0.330 e. The standard InChI is InChI=1S/C27H29BrN2O2S/c1-4-19(3)30(27(32)20-9-7-10-21(28)16-20)17-25(31)29-14-12-24-23(13-15-33-24)26(29)22-11-6-5-8-18(22)2/h5-11,13,15-16,19,26H,4,12,14,17H2,1-3H3. The zero-order valence-corrected chi connectivity index (χ0v) is 21.7. The van der Waals surface area contributed by atoms with Gasteiger partial charge in [-0.3, -0.25) is 9.59 Å². The molecule has 3 aromatic rings. The van der Waals surface area contributed by atoms with Crippen molar-refractivity contribution in [3.05, 3.63) is 91.6 Å². The first-order chi connectivity index (χ1) is 15.9. The lowest BCUT2D eigenvalue weighted by atomic mass is 9.90. The molecule has 172 valence electrons.